The van der Waals surface area contributed by atoms with Crippen LogP contribution in [0.25, 0.3) is 59.2 Å². The van der Waals surface area contributed by atoms with E-state index in [1.807, 2.05) is 32.4 Å². The SMILES string of the molecule is C1=C(c2nc(-c3nc(-c4nc(-c5nc(-c6nc(-c7nccs7)cs6)cs5)cs4)cs3)cs2)N(c2cscn2)CS1. The zero-order valence-corrected chi connectivity index (χ0v) is 26.4. The molecule has 0 spiro atoms. The van der Waals surface area contributed by atoms with Gasteiger partial charge in [0.25, 0.3) is 0 Å². The number of thiazole rings is 7. The summed E-state index contributed by atoms with van der Waals surface area (Å²) in [5.74, 6) is 1.81. The van der Waals surface area contributed by atoms with E-state index < -0.39 is 0 Å². The fraction of sp³-hybridized carbons (Fsp3) is 0.0417. The third-order valence-electron chi connectivity index (χ3n) is 5.65. The number of thioether (sulfide) groups is 1. The van der Waals surface area contributed by atoms with Crippen LogP contribution in [0.3, 0.4) is 0 Å². The van der Waals surface area contributed by atoms with Crippen molar-refractivity contribution >= 4 is 103 Å². The molecule has 0 saturated carbocycles. The minimum absolute atomic E-state index is 0.847. The van der Waals surface area contributed by atoms with Crippen molar-refractivity contribution in [3.05, 3.63) is 59.8 Å². The van der Waals surface area contributed by atoms with Gasteiger partial charge in [-0.2, -0.15) is 0 Å². The van der Waals surface area contributed by atoms with Crippen LogP contribution in [0.15, 0.2) is 54.8 Å². The summed E-state index contributed by atoms with van der Waals surface area (Å²) in [5.41, 5.74) is 7.30. The molecule has 7 aromatic heterocycles. The van der Waals surface area contributed by atoms with Crippen LogP contribution in [0.2, 0.25) is 0 Å². The van der Waals surface area contributed by atoms with Crippen LogP contribution in [0.5, 0.6) is 0 Å². The number of hydrogen-bond acceptors (Lipinski definition) is 16. The average Bonchev–Trinajstić information content (AvgIpc) is 3.85. The second-order valence-corrected chi connectivity index (χ2v) is 14.8. The first-order valence-electron chi connectivity index (χ1n) is 11.5. The summed E-state index contributed by atoms with van der Waals surface area (Å²) in [6, 6.07) is 0. The van der Waals surface area contributed by atoms with Crippen molar-refractivity contribution in [2.45, 2.75) is 0 Å². The molecule has 0 fully saturated rings. The molecule has 0 aliphatic carbocycles. The van der Waals surface area contributed by atoms with E-state index >= 15 is 0 Å². The second-order valence-electron chi connectivity index (χ2n) is 8.10. The Balaban J connectivity index is 1.00. The zero-order valence-electron chi connectivity index (χ0n) is 19.8. The lowest BCUT2D eigenvalue weighted by Crippen LogP contribution is -2.16. The molecule has 0 atom stereocenters. The number of rotatable bonds is 7. The van der Waals surface area contributed by atoms with E-state index in [1.165, 1.54) is 0 Å². The Kier molecular flexibility index (Phi) is 6.64. The van der Waals surface area contributed by atoms with Crippen LogP contribution in [0, 0.1) is 0 Å². The van der Waals surface area contributed by atoms with Crippen LogP contribution >= 0.6 is 91.1 Å². The fourth-order valence-electron chi connectivity index (χ4n) is 3.82. The standard InChI is InChI=1S/C24H12N8S8/c1-2-35-19(25-1)12-3-36-20(27-12)13-4-37-21(28-13)14-5-38-22(29-14)15-6-39-23(30-15)16-7-40-24(31-16)17-8-34-11-32(17)18-9-33-10-26-18/h1-10H,11H2. The molecule has 1 aliphatic heterocycles. The van der Waals surface area contributed by atoms with Gasteiger partial charge in [0.1, 0.15) is 64.3 Å². The van der Waals surface area contributed by atoms with Gasteiger partial charge < -0.3 is 4.90 Å². The highest BCUT2D eigenvalue weighted by molar-refractivity contribution is 8.02. The van der Waals surface area contributed by atoms with Crippen molar-refractivity contribution < 1.29 is 0 Å². The van der Waals surface area contributed by atoms with Crippen LogP contribution in [-0.4, -0.2) is 40.8 Å². The Morgan fingerprint density at radius 3 is 1.57 bits per heavy atom. The highest BCUT2D eigenvalue weighted by Gasteiger charge is 2.24. The molecule has 0 radical (unpaired) electrons. The number of aromatic nitrogens is 7. The molecule has 0 bridgehead atoms. The lowest BCUT2D eigenvalue weighted by atomic mass is 10.4. The van der Waals surface area contributed by atoms with Gasteiger partial charge in [0.15, 0.2) is 0 Å². The molecule has 0 unspecified atom stereocenters. The third kappa shape index (κ3) is 4.67. The Labute approximate surface area is 259 Å². The minimum Gasteiger partial charge on any atom is -0.312 e. The van der Waals surface area contributed by atoms with E-state index in [9.17, 15) is 0 Å². The van der Waals surface area contributed by atoms with Gasteiger partial charge in [-0.05, 0) is 5.41 Å². The Morgan fingerprint density at radius 1 is 0.550 bits per heavy atom. The summed E-state index contributed by atoms with van der Waals surface area (Å²) in [6.45, 7) is 0. The molecule has 0 aromatic carbocycles. The maximum atomic E-state index is 4.92. The van der Waals surface area contributed by atoms with E-state index in [4.69, 9.17) is 24.9 Å². The molecule has 0 N–H and O–H groups in total. The van der Waals surface area contributed by atoms with Crippen LogP contribution in [0.1, 0.15) is 5.01 Å². The maximum absolute atomic E-state index is 4.92. The summed E-state index contributed by atoms with van der Waals surface area (Å²) in [6.07, 6.45) is 1.80. The molecular formula is C24H12N8S8. The molecule has 0 amide bonds. The van der Waals surface area contributed by atoms with E-state index in [0.717, 1.165) is 75.9 Å². The van der Waals surface area contributed by atoms with Crippen LogP contribution in [-0.2, 0) is 0 Å². The number of anilines is 1. The molecule has 8 rings (SSSR count). The Hall–Kier alpha value is -2.70. The summed E-state index contributed by atoms with van der Waals surface area (Å²) >= 11 is 12.9. The largest absolute Gasteiger partial charge is 0.312 e. The van der Waals surface area contributed by atoms with Crippen LogP contribution in [0.4, 0.5) is 5.82 Å². The van der Waals surface area contributed by atoms with Gasteiger partial charge in [0.05, 0.1) is 17.1 Å². The predicted octanol–water partition coefficient (Wildman–Crippen LogP) is 8.73. The van der Waals surface area contributed by atoms with Crippen molar-refractivity contribution in [3.63, 3.8) is 0 Å². The lowest BCUT2D eigenvalue weighted by molar-refractivity contribution is 1.14. The molecular weight excluding hydrogens is 657 g/mol. The molecule has 0 saturated heterocycles. The van der Waals surface area contributed by atoms with Gasteiger partial charge in [-0.15, -0.1) is 91.1 Å². The molecule has 1 aliphatic rings. The van der Waals surface area contributed by atoms with E-state index in [1.54, 1.807) is 97.3 Å². The third-order valence-corrected chi connectivity index (χ3v) is 12.1. The number of hydrogen-bond donors (Lipinski definition) is 0. The maximum Gasteiger partial charge on any atom is 0.144 e. The summed E-state index contributed by atoms with van der Waals surface area (Å²) in [5, 5.41) is 21.8. The van der Waals surface area contributed by atoms with Crippen molar-refractivity contribution in [1.29, 1.82) is 0 Å². The topological polar surface area (TPSA) is 93.5 Å². The van der Waals surface area contributed by atoms with Crippen molar-refractivity contribution in [2.75, 3.05) is 10.8 Å². The second kappa shape index (κ2) is 10.6. The molecule has 196 valence electrons. The molecule has 16 heteroatoms. The van der Waals surface area contributed by atoms with Gasteiger partial charge in [-0.1, -0.05) is 0 Å². The van der Waals surface area contributed by atoms with Crippen molar-refractivity contribution in [2.24, 2.45) is 0 Å². The van der Waals surface area contributed by atoms with Gasteiger partial charge >= 0.3 is 0 Å². The lowest BCUT2D eigenvalue weighted by Gasteiger charge is -2.16. The summed E-state index contributed by atoms with van der Waals surface area (Å²) in [4.78, 5) is 35.2. The van der Waals surface area contributed by atoms with Crippen molar-refractivity contribution in [3.8, 4) is 53.5 Å². The predicted molar refractivity (Wildman–Crippen MR) is 173 cm³/mol. The first-order chi connectivity index (χ1) is 19.8. The van der Waals surface area contributed by atoms with Gasteiger partial charge in [-0.25, -0.2) is 34.9 Å². The average molecular weight is 669 g/mol. The molecule has 7 aromatic rings. The van der Waals surface area contributed by atoms with Gasteiger partial charge in [-0.3, -0.25) is 0 Å². The van der Waals surface area contributed by atoms with Gasteiger partial charge in [0.2, 0.25) is 0 Å². The number of nitrogens with zero attached hydrogens (tertiary/aromatic N) is 8. The quantitative estimate of drug-likeness (QED) is 0.165. The molecule has 40 heavy (non-hydrogen) atoms. The first-order valence-corrected chi connectivity index (χ1v) is 18.7. The summed E-state index contributed by atoms with van der Waals surface area (Å²) < 4.78 is 0. The van der Waals surface area contributed by atoms with E-state index in [-0.39, 0.29) is 0 Å². The highest BCUT2D eigenvalue weighted by atomic mass is 32.2. The normalized spacial score (nSPS) is 13.4. The van der Waals surface area contributed by atoms with Gasteiger partial charge in [0, 0.05) is 43.9 Å². The van der Waals surface area contributed by atoms with E-state index in [2.05, 4.69) is 31.0 Å². The Bertz CT molecular complexity index is 1940. The molecule has 8 nitrogen and oxygen atoms in total. The van der Waals surface area contributed by atoms with Crippen molar-refractivity contribution in [1.82, 2.24) is 34.9 Å². The smallest absolute Gasteiger partial charge is 0.144 e. The highest BCUT2D eigenvalue weighted by Crippen LogP contribution is 2.39. The fourth-order valence-corrected chi connectivity index (χ4v) is 10.2. The first kappa shape index (κ1) is 25.0. The minimum atomic E-state index is 0.847. The summed E-state index contributed by atoms with van der Waals surface area (Å²) in [7, 11) is 0. The molecule has 8 heterocycles. The van der Waals surface area contributed by atoms with E-state index in [0.29, 0.717) is 0 Å². The monoisotopic (exact) mass is 668 g/mol. The zero-order chi connectivity index (χ0) is 26.5. The Morgan fingerprint density at radius 2 is 1.07 bits per heavy atom. The van der Waals surface area contributed by atoms with Crippen LogP contribution < -0.4 is 4.90 Å².